The Bertz CT molecular complexity index is 487. The van der Waals surface area contributed by atoms with Gasteiger partial charge in [0.05, 0.1) is 6.10 Å². The Kier molecular flexibility index (Phi) is 4.67. The van der Waals surface area contributed by atoms with Crippen molar-refractivity contribution in [3.05, 3.63) is 35.4 Å². The molecule has 2 rings (SSSR count). The molecule has 0 spiro atoms. The van der Waals surface area contributed by atoms with Gasteiger partial charge in [-0.1, -0.05) is 6.07 Å². The first kappa shape index (κ1) is 14.9. The van der Waals surface area contributed by atoms with Crippen molar-refractivity contribution >= 4 is 5.97 Å². The molecule has 4 nitrogen and oxygen atoms in total. The van der Waals surface area contributed by atoms with Crippen LogP contribution in [-0.4, -0.2) is 28.3 Å². The molecule has 0 saturated heterocycles. The maximum absolute atomic E-state index is 13.7. The third kappa shape index (κ3) is 3.52. The zero-order valence-electron chi connectivity index (χ0n) is 10.9. The smallest absolute Gasteiger partial charge is 0.325 e. The molecule has 0 radical (unpaired) electrons. The van der Waals surface area contributed by atoms with E-state index in [9.17, 15) is 23.8 Å². The van der Waals surface area contributed by atoms with Gasteiger partial charge in [0, 0.05) is 17.7 Å². The van der Waals surface area contributed by atoms with Gasteiger partial charge in [-0.25, -0.2) is 8.78 Å². The molecule has 1 aliphatic carbocycles. The molecule has 0 aliphatic heterocycles. The van der Waals surface area contributed by atoms with Gasteiger partial charge in [-0.15, -0.1) is 0 Å². The minimum atomic E-state index is -1.21. The van der Waals surface area contributed by atoms with E-state index in [4.69, 9.17) is 0 Å². The van der Waals surface area contributed by atoms with E-state index in [0.29, 0.717) is 31.7 Å². The molecule has 1 aromatic carbocycles. The molecule has 110 valence electrons. The monoisotopic (exact) mass is 285 g/mol. The van der Waals surface area contributed by atoms with E-state index < -0.39 is 23.6 Å². The van der Waals surface area contributed by atoms with Gasteiger partial charge in [-0.05, 0) is 31.7 Å². The summed E-state index contributed by atoms with van der Waals surface area (Å²) in [7, 11) is 0. The lowest BCUT2D eigenvalue weighted by atomic mass is 9.92. The number of nitrogens with one attached hydrogen (secondary N) is 1. The van der Waals surface area contributed by atoms with Gasteiger partial charge < -0.3 is 10.2 Å². The fraction of sp³-hybridized carbons (Fsp3) is 0.500. The van der Waals surface area contributed by atoms with Crippen molar-refractivity contribution in [2.45, 2.75) is 43.9 Å². The number of hydrogen-bond acceptors (Lipinski definition) is 3. The van der Waals surface area contributed by atoms with Gasteiger partial charge in [0.2, 0.25) is 0 Å². The van der Waals surface area contributed by atoms with Crippen molar-refractivity contribution < 1.29 is 23.8 Å². The topological polar surface area (TPSA) is 69.6 Å². The lowest BCUT2D eigenvalue weighted by Gasteiger charge is -2.29. The van der Waals surface area contributed by atoms with E-state index >= 15 is 0 Å². The van der Waals surface area contributed by atoms with Crippen LogP contribution in [0.25, 0.3) is 0 Å². The molecule has 3 N–H and O–H groups in total. The molecule has 1 aliphatic rings. The van der Waals surface area contributed by atoms with Crippen LogP contribution in [0.2, 0.25) is 0 Å². The third-order valence-electron chi connectivity index (χ3n) is 3.62. The number of halogens is 2. The predicted octanol–water partition coefficient (Wildman–Crippen LogP) is 1.98. The Morgan fingerprint density at radius 1 is 1.25 bits per heavy atom. The van der Waals surface area contributed by atoms with Crippen LogP contribution in [0.5, 0.6) is 0 Å². The summed E-state index contributed by atoms with van der Waals surface area (Å²) >= 11 is 0. The number of rotatable bonds is 4. The van der Waals surface area contributed by atoms with Crippen LogP contribution >= 0.6 is 0 Å². The second kappa shape index (κ2) is 6.28. The van der Waals surface area contributed by atoms with E-state index in [1.165, 1.54) is 0 Å². The first-order chi connectivity index (χ1) is 9.47. The highest BCUT2D eigenvalue weighted by Crippen LogP contribution is 2.24. The number of carbonyl (C=O) groups is 1. The molecule has 0 bridgehead atoms. The highest BCUT2D eigenvalue weighted by atomic mass is 19.1. The summed E-state index contributed by atoms with van der Waals surface area (Å²) in [5.74, 6) is -2.82. The number of carboxylic acids is 1. The number of carboxylic acid groups (broad SMARTS) is 1. The molecule has 1 saturated carbocycles. The zero-order chi connectivity index (χ0) is 14.7. The fourth-order valence-corrected chi connectivity index (χ4v) is 2.51. The van der Waals surface area contributed by atoms with Crippen molar-refractivity contribution in [3.63, 3.8) is 0 Å². The Morgan fingerprint density at radius 2 is 1.90 bits per heavy atom. The van der Waals surface area contributed by atoms with Crippen LogP contribution in [0.15, 0.2) is 18.2 Å². The van der Waals surface area contributed by atoms with E-state index in [1.807, 2.05) is 0 Å². The van der Waals surface area contributed by atoms with Crippen LogP contribution in [0.3, 0.4) is 0 Å². The SMILES string of the molecule is O=C(O)C(NC1CCC(O)CC1)c1ccc(F)cc1F. The lowest BCUT2D eigenvalue weighted by molar-refractivity contribution is -0.140. The average Bonchev–Trinajstić information content (AvgIpc) is 2.39. The molecule has 0 heterocycles. The molecule has 0 aromatic heterocycles. The van der Waals surface area contributed by atoms with Crippen molar-refractivity contribution in [2.24, 2.45) is 0 Å². The van der Waals surface area contributed by atoms with Gasteiger partial charge in [-0.3, -0.25) is 10.1 Å². The average molecular weight is 285 g/mol. The van der Waals surface area contributed by atoms with E-state index in [-0.39, 0.29) is 17.7 Å². The van der Waals surface area contributed by atoms with Gasteiger partial charge in [-0.2, -0.15) is 0 Å². The summed E-state index contributed by atoms with van der Waals surface area (Å²) in [4.78, 5) is 11.3. The van der Waals surface area contributed by atoms with E-state index in [1.54, 1.807) is 0 Å². The number of aliphatic hydroxyl groups is 1. The van der Waals surface area contributed by atoms with Crippen LogP contribution in [-0.2, 0) is 4.79 Å². The van der Waals surface area contributed by atoms with Crippen LogP contribution in [0, 0.1) is 11.6 Å². The maximum Gasteiger partial charge on any atom is 0.325 e. The largest absolute Gasteiger partial charge is 0.480 e. The summed E-state index contributed by atoms with van der Waals surface area (Å²) in [6.07, 6.45) is 2.10. The molecular formula is C14H17F2NO3. The molecule has 1 atom stereocenters. The summed E-state index contributed by atoms with van der Waals surface area (Å²) in [6, 6.07) is 1.56. The van der Waals surface area contributed by atoms with Gasteiger partial charge >= 0.3 is 5.97 Å². The first-order valence-corrected chi connectivity index (χ1v) is 6.59. The molecule has 1 unspecified atom stereocenters. The fourth-order valence-electron chi connectivity index (χ4n) is 2.51. The third-order valence-corrected chi connectivity index (χ3v) is 3.62. The summed E-state index contributed by atoms with van der Waals surface area (Å²) in [6.45, 7) is 0. The second-order valence-corrected chi connectivity index (χ2v) is 5.11. The van der Waals surface area contributed by atoms with Gasteiger partial charge in [0.1, 0.15) is 17.7 Å². The van der Waals surface area contributed by atoms with Crippen LogP contribution in [0.4, 0.5) is 8.78 Å². The number of benzene rings is 1. The molecule has 20 heavy (non-hydrogen) atoms. The number of hydrogen-bond donors (Lipinski definition) is 3. The Hall–Kier alpha value is -1.53. The van der Waals surface area contributed by atoms with Crippen molar-refractivity contribution in [1.82, 2.24) is 5.32 Å². The first-order valence-electron chi connectivity index (χ1n) is 6.59. The Balaban J connectivity index is 2.13. The molecule has 1 aromatic rings. The van der Waals surface area contributed by atoms with Crippen LogP contribution < -0.4 is 5.32 Å². The molecule has 6 heteroatoms. The van der Waals surface area contributed by atoms with Crippen LogP contribution in [0.1, 0.15) is 37.3 Å². The van der Waals surface area contributed by atoms with Gasteiger partial charge in [0.15, 0.2) is 0 Å². The minimum Gasteiger partial charge on any atom is -0.480 e. The Morgan fingerprint density at radius 3 is 2.45 bits per heavy atom. The minimum absolute atomic E-state index is 0.0787. The highest BCUT2D eigenvalue weighted by molar-refractivity contribution is 5.75. The second-order valence-electron chi connectivity index (χ2n) is 5.11. The quantitative estimate of drug-likeness (QED) is 0.791. The summed E-state index contributed by atoms with van der Waals surface area (Å²) in [5, 5.41) is 21.5. The van der Waals surface area contributed by atoms with Crippen molar-refractivity contribution in [3.8, 4) is 0 Å². The van der Waals surface area contributed by atoms with Crippen molar-refractivity contribution in [1.29, 1.82) is 0 Å². The normalized spacial score (nSPS) is 24.4. The maximum atomic E-state index is 13.7. The number of aliphatic hydroxyl groups excluding tert-OH is 1. The van der Waals surface area contributed by atoms with Crippen molar-refractivity contribution in [2.75, 3.05) is 0 Å². The lowest BCUT2D eigenvalue weighted by Crippen LogP contribution is -2.40. The summed E-state index contributed by atoms with van der Waals surface area (Å²) < 4.78 is 26.6. The van der Waals surface area contributed by atoms with E-state index in [0.717, 1.165) is 12.1 Å². The standard InChI is InChI=1S/C14H17F2NO3/c15-8-1-6-11(12(16)7-8)13(14(19)20)17-9-2-4-10(18)5-3-9/h1,6-7,9-10,13,17-18H,2-5H2,(H,19,20). The summed E-state index contributed by atoms with van der Waals surface area (Å²) in [5.41, 5.74) is -0.0787. The number of aliphatic carboxylic acids is 1. The predicted molar refractivity (Wildman–Crippen MR) is 68.1 cm³/mol. The van der Waals surface area contributed by atoms with Gasteiger partial charge in [0.25, 0.3) is 0 Å². The Labute approximate surface area is 115 Å². The highest BCUT2D eigenvalue weighted by Gasteiger charge is 2.28. The van der Waals surface area contributed by atoms with E-state index in [2.05, 4.69) is 5.32 Å². The molecular weight excluding hydrogens is 268 g/mol. The molecule has 1 fully saturated rings. The zero-order valence-corrected chi connectivity index (χ0v) is 10.9. The molecule has 0 amide bonds.